The smallest absolute Gasteiger partial charge is 0.232 e. The highest BCUT2D eigenvalue weighted by Crippen LogP contribution is 2.27. The first-order valence-corrected chi connectivity index (χ1v) is 10.6. The average molecular weight is 444 g/mol. The fourth-order valence-corrected chi connectivity index (χ4v) is 3.67. The zero-order valence-electron chi connectivity index (χ0n) is 16.4. The molecule has 11 heteroatoms. The summed E-state index contributed by atoms with van der Waals surface area (Å²) in [7, 11) is 0. The van der Waals surface area contributed by atoms with Gasteiger partial charge in [0, 0.05) is 31.5 Å². The van der Waals surface area contributed by atoms with Gasteiger partial charge in [0.05, 0.1) is 19.8 Å². The Morgan fingerprint density at radius 3 is 2.73 bits per heavy atom. The van der Waals surface area contributed by atoms with Gasteiger partial charge in [0.15, 0.2) is 10.3 Å². The Hall–Kier alpha value is -2.76. The molecule has 1 aliphatic heterocycles. The normalized spacial score (nSPS) is 13.8. The highest BCUT2D eigenvalue weighted by atomic mass is 32.2. The molecule has 0 atom stereocenters. The summed E-state index contributed by atoms with van der Waals surface area (Å²) in [5, 5.41) is 7.93. The lowest BCUT2D eigenvalue weighted by molar-refractivity contribution is 0.122. The maximum absolute atomic E-state index is 5.55. The maximum Gasteiger partial charge on any atom is 0.232 e. The standard InChI is InChI=1S/C19H21N7O2S2/c1-13-3-4-14(28-13)12-22-18(29)25-17-23-15(26-7-9-27-10-8-26)11-16(24-17)30-19-20-5-2-6-21-19/h2-6,11H,7-10,12H2,1H3,(H2,22,23,24,25,29). The van der Waals surface area contributed by atoms with E-state index < -0.39 is 0 Å². The van der Waals surface area contributed by atoms with Crippen LogP contribution in [0.3, 0.4) is 0 Å². The van der Waals surface area contributed by atoms with E-state index in [9.17, 15) is 0 Å². The molecule has 0 radical (unpaired) electrons. The molecule has 1 fully saturated rings. The molecule has 0 amide bonds. The van der Waals surface area contributed by atoms with Gasteiger partial charge in [-0.1, -0.05) is 0 Å². The van der Waals surface area contributed by atoms with Crippen molar-refractivity contribution < 1.29 is 9.15 Å². The largest absolute Gasteiger partial charge is 0.465 e. The molecule has 156 valence electrons. The van der Waals surface area contributed by atoms with Crippen LogP contribution in [0, 0.1) is 6.92 Å². The number of ether oxygens (including phenoxy) is 1. The van der Waals surface area contributed by atoms with Crippen molar-refractivity contribution in [2.45, 2.75) is 23.7 Å². The number of aryl methyl sites for hydroxylation is 1. The van der Waals surface area contributed by atoms with Gasteiger partial charge in [0.1, 0.15) is 22.4 Å². The topological polar surface area (TPSA) is 101 Å². The molecule has 1 aliphatic rings. The summed E-state index contributed by atoms with van der Waals surface area (Å²) in [6.45, 7) is 5.24. The van der Waals surface area contributed by atoms with Crippen molar-refractivity contribution in [1.82, 2.24) is 25.3 Å². The highest BCUT2D eigenvalue weighted by molar-refractivity contribution is 7.99. The molecule has 3 aromatic heterocycles. The van der Waals surface area contributed by atoms with Crippen LogP contribution >= 0.6 is 24.0 Å². The van der Waals surface area contributed by atoms with Crippen LogP contribution in [0.4, 0.5) is 11.8 Å². The quantitative estimate of drug-likeness (QED) is 0.334. The number of morpholine rings is 1. The van der Waals surface area contributed by atoms with Gasteiger partial charge in [-0.05, 0) is 49.1 Å². The Morgan fingerprint density at radius 2 is 2.00 bits per heavy atom. The molecule has 4 rings (SSSR count). The van der Waals surface area contributed by atoms with Gasteiger partial charge in [-0.25, -0.2) is 15.0 Å². The molecule has 4 heterocycles. The summed E-state index contributed by atoms with van der Waals surface area (Å²) in [5.74, 6) is 2.87. The zero-order valence-corrected chi connectivity index (χ0v) is 18.0. The minimum atomic E-state index is 0.408. The summed E-state index contributed by atoms with van der Waals surface area (Å²) in [4.78, 5) is 19.9. The van der Waals surface area contributed by atoms with E-state index in [-0.39, 0.29) is 0 Å². The lowest BCUT2D eigenvalue weighted by Gasteiger charge is -2.28. The van der Waals surface area contributed by atoms with E-state index in [2.05, 4.69) is 35.5 Å². The third-order valence-corrected chi connectivity index (χ3v) is 5.26. The molecule has 0 saturated carbocycles. The number of hydrogen-bond donors (Lipinski definition) is 2. The fourth-order valence-electron chi connectivity index (χ4n) is 2.80. The van der Waals surface area contributed by atoms with Crippen molar-refractivity contribution >= 4 is 40.9 Å². The first-order valence-electron chi connectivity index (χ1n) is 9.42. The van der Waals surface area contributed by atoms with Gasteiger partial charge < -0.3 is 24.7 Å². The first kappa shape index (κ1) is 20.5. The van der Waals surface area contributed by atoms with E-state index in [4.69, 9.17) is 21.4 Å². The van der Waals surface area contributed by atoms with Crippen molar-refractivity contribution in [3.05, 3.63) is 48.2 Å². The molecule has 30 heavy (non-hydrogen) atoms. The summed E-state index contributed by atoms with van der Waals surface area (Å²) in [6, 6.07) is 7.53. The molecular weight excluding hydrogens is 422 g/mol. The summed E-state index contributed by atoms with van der Waals surface area (Å²) in [6.07, 6.45) is 3.40. The summed E-state index contributed by atoms with van der Waals surface area (Å²) in [5.41, 5.74) is 0. The second-order valence-electron chi connectivity index (χ2n) is 6.44. The molecular formula is C19H21N7O2S2. The van der Waals surface area contributed by atoms with Gasteiger partial charge in [0.25, 0.3) is 0 Å². The monoisotopic (exact) mass is 443 g/mol. The van der Waals surface area contributed by atoms with Crippen molar-refractivity contribution in [3.63, 3.8) is 0 Å². The molecule has 3 aromatic rings. The van der Waals surface area contributed by atoms with E-state index in [0.717, 1.165) is 35.5 Å². The van der Waals surface area contributed by atoms with Crippen LogP contribution in [-0.2, 0) is 11.3 Å². The minimum absolute atomic E-state index is 0.408. The number of thiocarbonyl (C=S) groups is 1. The number of rotatable bonds is 6. The van der Waals surface area contributed by atoms with E-state index in [1.54, 1.807) is 18.5 Å². The zero-order chi connectivity index (χ0) is 20.8. The van der Waals surface area contributed by atoms with Crippen LogP contribution in [0.1, 0.15) is 11.5 Å². The van der Waals surface area contributed by atoms with Crippen LogP contribution in [0.2, 0.25) is 0 Å². The molecule has 0 bridgehead atoms. The van der Waals surface area contributed by atoms with Gasteiger partial charge in [0.2, 0.25) is 5.95 Å². The highest BCUT2D eigenvalue weighted by Gasteiger charge is 2.16. The van der Waals surface area contributed by atoms with Crippen LogP contribution in [0.25, 0.3) is 0 Å². The van der Waals surface area contributed by atoms with Crippen LogP contribution in [0.15, 0.2) is 51.3 Å². The Bertz CT molecular complexity index is 994. The van der Waals surface area contributed by atoms with Crippen molar-refractivity contribution in [1.29, 1.82) is 0 Å². The molecule has 0 aliphatic carbocycles. The minimum Gasteiger partial charge on any atom is -0.465 e. The van der Waals surface area contributed by atoms with Crippen molar-refractivity contribution in [2.24, 2.45) is 0 Å². The Balaban J connectivity index is 1.49. The van der Waals surface area contributed by atoms with E-state index in [1.165, 1.54) is 11.8 Å². The van der Waals surface area contributed by atoms with Crippen molar-refractivity contribution in [2.75, 3.05) is 36.5 Å². The predicted molar refractivity (Wildman–Crippen MR) is 118 cm³/mol. The lowest BCUT2D eigenvalue weighted by Crippen LogP contribution is -2.37. The Labute approximate surface area is 183 Å². The summed E-state index contributed by atoms with van der Waals surface area (Å²) < 4.78 is 11.0. The molecule has 0 unspecified atom stereocenters. The Kier molecular flexibility index (Phi) is 6.72. The Morgan fingerprint density at radius 1 is 1.20 bits per heavy atom. The number of hydrogen-bond acceptors (Lipinski definition) is 9. The number of nitrogens with one attached hydrogen (secondary N) is 2. The van der Waals surface area contributed by atoms with Gasteiger partial charge in [-0.2, -0.15) is 4.98 Å². The van der Waals surface area contributed by atoms with E-state index in [0.29, 0.717) is 36.0 Å². The predicted octanol–water partition coefficient (Wildman–Crippen LogP) is 2.64. The number of furan rings is 1. The van der Waals surface area contributed by atoms with Crippen LogP contribution in [0.5, 0.6) is 0 Å². The van der Waals surface area contributed by atoms with E-state index >= 15 is 0 Å². The second kappa shape index (κ2) is 9.83. The molecule has 9 nitrogen and oxygen atoms in total. The van der Waals surface area contributed by atoms with Gasteiger partial charge in [-0.3, -0.25) is 0 Å². The number of nitrogens with zero attached hydrogens (tertiary/aromatic N) is 5. The summed E-state index contributed by atoms with van der Waals surface area (Å²) >= 11 is 6.78. The van der Waals surface area contributed by atoms with Gasteiger partial charge >= 0.3 is 0 Å². The van der Waals surface area contributed by atoms with Crippen LogP contribution in [-0.4, -0.2) is 51.4 Å². The molecule has 0 aromatic carbocycles. The number of anilines is 2. The second-order valence-corrected chi connectivity index (χ2v) is 7.84. The third-order valence-electron chi connectivity index (χ3n) is 4.21. The molecule has 0 spiro atoms. The maximum atomic E-state index is 5.55. The van der Waals surface area contributed by atoms with Crippen molar-refractivity contribution in [3.8, 4) is 0 Å². The number of aromatic nitrogens is 4. The molecule has 1 saturated heterocycles. The fraction of sp³-hybridized carbons (Fsp3) is 0.316. The van der Waals surface area contributed by atoms with E-state index in [1.807, 2.05) is 25.1 Å². The SMILES string of the molecule is Cc1ccc(CNC(=S)Nc2nc(Sc3ncccn3)cc(N3CCOCC3)n2)o1. The first-order chi connectivity index (χ1) is 14.7. The third kappa shape index (κ3) is 5.65. The lowest BCUT2D eigenvalue weighted by atomic mass is 10.4. The van der Waals surface area contributed by atoms with Crippen LogP contribution < -0.4 is 15.5 Å². The average Bonchev–Trinajstić information content (AvgIpc) is 3.19. The van der Waals surface area contributed by atoms with Gasteiger partial charge in [-0.15, -0.1) is 0 Å². The molecule has 2 N–H and O–H groups in total.